The zero-order valence-electron chi connectivity index (χ0n) is 26.4. The average Bonchev–Trinajstić information content (AvgIpc) is 2.99. The van der Waals surface area contributed by atoms with Gasteiger partial charge in [0.2, 0.25) is 5.91 Å². The number of carbonyl (C=O) groups is 1. The predicted octanol–water partition coefficient (Wildman–Crippen LogP) is 5.03. The summed E-state index contributed by atoms with van der Waals surface area (Å²) < 4.78 is 12.8. The minimum Gasteiger partial charge on any atom is -0.508 e. The van der Waals surface area contributed by atoms with Crippen LogP contribution in [0.4, 0.5) is 0 Å². The Bertz CT molecular complexity index is 1620. The van der Waals surface area contributed by atoms with Gasteiger partial charge in [-0.2, -0.15) is 0 Å². The van der Waals surface area contributed by atoms with Gasteiger partial charge in [-0.05, 0) is 121 Å². The molecule has 0 spiro atoms. The van der Waals surface area contributed by atoms with Crippen molar-refractivity contribution < 1.29 is 24.5 Å². The van der Waals surface area contributed by atoms with E-state index in [0.29, 0.717) is 49.6 Å². The van der Waals surface area contributed by atoms with Gasteiger partial charge in [0.05, 0.1) is 0 Å². The Morgan fingerprint density at radius 1 is 0.778 bits per heavy atom. The summed E-state index contributed by atoms with van der Waals surface area (Å²) in [5.74, 6) is 2.83. The molecule has 45 heavy (non-hydrogen) atoms. The second kappa shape index (κ2) is 14.9. The summed E-state index contributed by atoms with van der Waals surface area (Å²) >= 11 is 0. The number of hydrogen-bond donors (Lipinski definition) is 6. The van der Waals surface area contributed by atoms with E-state index >= 15 is 0 Å². The Hall–Kier alpha value is -4.57. The van der Waals surface area contributed by atoms with Crippen molar-refractivity contribution in [1.82, 2.24) is 5.32 Å². The molecule has 0 saturated carbocycles. The van der Waals surface area contributed by atoms with Crippen molar-refractivity contribution in [3.63, 3.8) is 0 Å². The third kappa shape index (κ3) is 8.98. The van der Waals surface area contributed by atoms with Crippen molar-refractivity contribution >= 4 is 5.91 Å². The average molecular weight is 613 g/mol. The first-order chi connectivity index (χ1) is 21.4. The van der Waals surface area contributed by atoms with Crippen molar-refractivity contribution in [3.8, 4) is 34.5 Å². The predicted molar refractivity (Wildman–Crippen MR) is 177 cm³/mol. The molecule has 238 valence electrons. The number of phenols is 2. The van der Waals surface area contributed by atoms with E-state index in [2.05, 4.69) is 23.5 Å². The van der Waals surface area contributed by atoms with Gasteiger partial charge in [0.25, 0.3) is 0 Å². The first-order valence-corrected chi connectivity index (χ1v) is 15.1. The Morgan fingerprint density at radius 2 is 1.33 bits per heavy atom. The second-order valence-corrected chi connectivity index (χ2v) is 11.7. The highest BCUT2D eigenvalue weighted by molar-refractivity contribution is 5.72. The van der Waals surface area contributed by atoms with Gasteiger partial charge in [-0.1, -0.05) is 18.2 Å². The quantitative estimate of drug-likeness (QED) is 0.122. The van der Waals surface area contributed by atoms with Crippen LogP contribution in [0.15, 0.2) is 66.7 Å². The molecule has 1 amide bonds. The van der Waals surface area contributed by atoms with E-state index in [-0.39, 0.29) is 29.5 Å². The maximum Gasteiger partial charge on any atom is 0.216 e. The molecule has 4 aromatic rings. The van der Waals surface area contributed by atoms with E-state index in [1.54, 1.807) is 48.5 Å². The number of amides is 1. The topological polar surface area (TPSA) is 166 Å². The monoisotopic (exact) mass is 612 g/mol. The van der Waals surface area contributed by atoms with Crippen molar-refractivity contribution in [1.29, 1.82) is 0 Å². The molecule has 4 rings (SSSR count). The smallest absolute Gasteiger partial charge is 0.216 e. The summed E-state index contributed by atoms with van der Waals surface area (Å²) in [7, 11) is 0. The summed E-state index contributed by atoms with van der Waals surface area (Å²) in [5.41, 5.74) is 25.6. The van der Waals surface area contributed by atoms with Gasteiger partial charge in [-0.3, -0.25) is 4.79 Å². The number of aromatic hydroxyl groups is 2. The van der Waals surface area contributed by atoms with Crippen LogP contribution in [-0.2, 0) is 24.1 Å². The van der Waals surface area contributed by atoms with Crippen molar-refractivity contribution in [2.24, 2.45) is 17.2 Å². The first-order valence-electron chi connectivity index (χ1n) is 15.1. The number of phenolic OH excluding ortho intramolecular Hbond substituents is 2. The largest absolute Gasteiger partial charge is 0.508 e. The van der Waals surface area contributed by atoms with Gasteiger partial charge in [0.15, 0.2) is 0 Å². The van der Waals surface area contributed by atoms with Gasteiger partial charge in [-0.25, -0.2) is 0 Å². The summed E-state index contributed by atoms with van der Waals surface area (Å²) in [6, 6.07) is 19.0. The van der Waals surface area contributed by atoms with Crippen LogP contribution in [0.3, 0.4) is 0 Å². The van der Waals surface area contributed by atoms with Crippen LogP contribution in [-0.4, -0.2) is 41.3 Å². The summed E-state index contributed by atoms with van der Waals surface area (Å²) in [4.78, 5) is 11.5. The third-order valence-electron chi connectivity index (χ3n) is 7.72. The highest BCUT2D eigenvalue weighted by Crippen LogP contribution is 2.38. The molecule has 0 aliphatic heterocycles. The van der Waals surface area contributed by atoms with E-state index < -0.39 is 0 Å². The van der Waals surface area contributed by atoms with Crippen molar-refractivity contribution in [2.45, 2.75) is 59.0 Å². The molecule has 2 atom stereocenters. The van der Waals surface area contributed by atoms with E-state index in [1.165, 1.54) is 6.92 Å². The van der Waals surface area contributed by atoms with Gasteiger partial charge >= 0.3 is 0 Å². The van der Waals surface area contributed by atoms with Crippen LogP contribution in [0, 0.1) is 20.8 Å². The van der Waals surface area contributed by atoms with Crippen LogP contribution < -0.4 is 32.0 Å². The lowest BCUT2D eigenvalue weighted by molar-refractivity contribution is -0.119. The minimum atomic E-state index is -0.269. The number of carbonyl (C=O) groups excluding carboxylic acids is 1. The fourth-order valence-corrected chi connectivity index (χ4v) is 5.47. The number of nitrogens with one attached hydrogen (secondary N) is 1. The van der Waals surface area contributed by atoms with E-state index in [4.69, 9.17) is 26.7 Å². The number of hydrogen-bond acceptors (Lipinski definition) is 8. The Labute approximate surface area is 265 Å². The fraction of sp³-hybridized carbons (Fsp3) is 0.306. The Morgan fingerprint density at radius 3 is 1.89 bits per heavy atom. The zero-order valence-corrected chi connectivity index (χ0v) is 26.4. The number of ether oxygens (including phenoxy) is 2. The lowest BCUT2D eigenvalue weighted by Gasteiger charge is -2.23. The van der Waals surface area contributed by atoms with E-state index in [0.717, 1.165) is 44.7 Å². The molecule has 0 saturated heterocycles. The molecule has 0 aliphatic rings. The van der Waals surface area contributed by atoms with Crippen LogP contribution in [0.2, 0.25) is 0 Å². The molecule has 0 fully saturated rings. The molecule has 0 radical (unpaired) electrons. The summed E-state index contributed by atoms with van der Waals surface area (Å²) in [6.45, 7) is 8.22. The van der Waals surface area contributed by atoms with Crippen LogP contribution in [0.1, 0.15) is 45.9 Å². The fourth-order valence-electron chi connectivity index (χ4n) is 5.47. The molecule has 9 nitrogen and oxygen atoms in total. The maximum atomic E-state index is 11.5. The molecule has 0 heterocycles. The molecule has 0 aromatic heterocycles. The molecule has 2 unspecified atom stereocenters. The SMILES string of the molecule is CC(=O)NCC(N)Cc1cc(C)c(Oc2ccc(O)cc2)c(Cc2c(CC(N)CN)cc(C)c(Oc3ccc(O)cc3)c2C)c1. The lowest BCUT2D eigenvalue weighted by Crippen LogP contribution is -2.37. The second-order valence-electron chi connectivity index (χ2n) is 11.7. The number of aryl methyl sites for hydroxylation is 2. The summed E-state index contributed by atoms with van der Waals surface area (Å²) in [6.07, 6.45) is 1.65. The number of benzene rings is 4. The molecule has 9 N–H and O–H groups in total. The zero-order chi connectivity index (χ0) is 32.7. The Balaban J connectivity index is 1.81. The van der Waals surface area contributed by atoms with Gasteiger partial charge in [-0.15, -0.1) is 0 Å². The molecule has 9 heteroatoms. The number of rotatable bonds is 13. The summed E-state index contributed by atoms with van der Waals surface area (Å²) in [5, 5.41) is 22.4. The van der Waals surface area contributed by atoms with Crippen LogP contribution >= 0.6 is 0 Å². The van der Waals surface area contributed by atoms with Gasteiger partial charge in [0.1, 0.15) is 34.5 Å². The maximum absolute atomic E-state index is 11.5. The molecule has 0 aliphatic carbocycles. The molecule has 0 bridgehead atoms. The standard InChI is InChI=1S/C36H44N4O5/c1-21-13-25(16-29(39)20-40-24(4)41)15-27(36(21)45-33-11-7-31(43)8-12-33)18-34-23(3)35(44-32-9-5-30(42)6-10-32)22(2)14-26(34)17-28(38)19-37/h5-15,28-29,42-43H,16-20,37-39H2,1-4H3,(H,40,41). The van der Waals surface area contributed by atoms with E-state index in [9.17, 15) is 15.0 Å². The molecule has 4 aromatic carbocycles. The molecular weight excluding hydrogens is 568 g/mol. The van der Waals surface area contributed by atoms with Crippen LogP contribution in [0.25, 0.3) is 0 Å². The lowest BCUT2D eigenvalue weighted by atomic mass is 9.88. The minimum absolute atomic E-state index is 0.122. The Kier molecular flexibility index (Phi) is 11.1. The molecular formula is C36H44N4O5. The van der Waals surface area contributed by atoms with Crippen molar-refractivity contribution in [2.75, 3.05) is 13.1 Å². The van der Waals surface area contributed by atoms with Gasteiger partial charge < -0.3 is 42.2 Å². The number of nitrogens with two attached hydrogens (primary N) is 3. The van der Waals surface area contributed by atoms with Crippen molar-refractivity contribution in [3.05, 3.63) is 106 Å². The highest BCUT2D eigenvalue weighted by atomic mass is 16.5. The third-order valence-corrected chi connectivity index (χ3v) is 7.72. The van der Waals surface area contributed by atoms with Gasteiger partial charge in [0, 0.05) is 38.5 Å². The highest BCUT2D eigenvalue weighted by Gasteiger charge is 2.21. The van der Waals surface area contributed by atoms with Crippen LogP contribution in [0.5, 0.6) is 34.5 Å². The first kappa shape index (κ1) is 33.3. The normalized spacial score (nSPS) is 12.4. The van der Waals surface area contributed by atoms with E-state index in [1.807, 2.05) is 20.8 Å².